The number of allylic oxidation sites excluding steroid dienone is 1. The van der Waals surface area contributed by atoms with Gasteiger partial charge in [0.2, 0.25) is 0 Å². The van der Waals surface area contributed by atoms with Crippen LogP contribution in [0.15, 0.2) is 75.3 Å². The molecule has 0 aliphatic rings. The molecule has 5 aromatic rings. The Balaban J connectivity index is 1.46. The van der Waals surface area contributed by atoms with Gasteiger partial charge in [-0.15, -0.1) is 11.3 Å². The van der Waals surface area contributed by atoms with Gasteiger partial charge in [0, 0.05) is 10.8 Å². The second-order valence-corrected chi connectivity index (χ2v) is 9.22. The first-order valence-electron chi connectivity index (χ1n) is 12.0. The molecule has 2 aromatic heterocycles. The Morgan fingerprint density at radius 2 is 1.95 bits per heavy atom. The molecule has 0 saturated heterocycles. The average Bonchev–Trinajstić information content (AvgIpc) is 3.44. The van der Waals surface area contributed by atoms with Crippen molar-refractivity contribution in [3.63, 3.8) is 0 Å². The van der Waals surface area contributed by atoms with E-state index in [0.29, 0.717) is 44.5 Å². The maximum Gasteiger partial charge on any atom is 0.345 e. The van der Waals surface area contributed by atoms with Crippen molar-refractivity contribution in [1.29, 1.82) is 5.26 Å². The number of aromatic nitrogens is 1. The normalized spacial score (nSPS) is 11.4. The van der Waals surface area contributed by atoms with Crippen molar-refractivity contribution in [2.45, 2.75) is 6.92 Å². The SMILES string of the molecule is CCOC(=O)COc1ccc(C=C(C#N)c2nc(-c3cc4c(ccc5ccccc54)oc3=O)cs2)cc1OC. The van der Waals surface area contributed by atoms with Crippen LogP contribution in [0.2, 0.25) is 0 Å². The maximum absolute atomic E-state index is 12.8. The third-order valence-corrected chi connectivity index (χ3v) is 6.80. The number of benzene rings is 3. The number of rotatable bonds is 8. The number of nitriles is 1. The van der Waals surface area contributed by atoms with Crippen molar-refractivity contribution in [2.24, 2.45) is 0 Å². The number of nitrogens with zero attached hydrogens (tertiary/aromatic N) is 2. The van der Waals surface area contributed by atoms with Gasteiger partial charge in [-0.1, -0.05) is 36.4 Å². The van der Waals surface area contributed by atoms with Crippen LogP contribution in [0.3, 0.4) is 0 Å². The highest BCUT2D eigenvalue weighted by Crippen LogP contribution is 2.32. The molecule has 5 rings (SSSR count). The van der Waals surface area contributed by atoms with E-state index in [1.165, 1.54) is 18.4 Å². The molecule has 0 unspecified atom stereocenters. The molecule has 0 aliphatic heterocycles. The fraction of sp³-hybridized carbons (Fsp3) is 0.133. The van der Waals surface area contributed by atoms with Gasteiger partial charge in [-0.3, -0.25) is 0 Å². The molecule has 0 N–H and O–H groups in total. The molecule has 0 atom stereocenters. The fourth-order valence-corrected chi connectivity index (χ4v) is 4.90. The molecule has 0 spiro atoms. The van der Waals surface area contributed by atoms with Crippen molar-refractivity contribution >= 4 is 50.7 Å². The zero-order valence-corrected chi connectivity index (χ0v) is 21.9. The molecular formula is C30H22N2O6S. The van der Waals surface area contributed by atoms with Crippen LogP contribution in [0.4, 0.5) is 0 Å². The lowest BCUT2D eigenvalue weighted by atomic mass is 10.0. The van der Waals surface area contributed by atoms with E-state index in [2.05, 4.69) is 11.1 Å². The molecule has 8 nitrogen and oxygen atoms in total. The van der Waals surface area contributed by atoms with Crippen LogP contribution in [-0.4, -0.2) is 31.3 Å². The zero-order chi connectivity index (χ0) is 27.4. The number of ether oxygens (including phenoxy) is 3. The number of esters is 1. The van der Waals surface area contributed by atoms with Crippen molar-refractivity contribution in [3.8, 4) is 28.8 Å². The lowest BCUT2D eigenvalue weighted by molar-refractivity contribution is -0.145. The Morgan fingerprint density at radius 1 is 1.10 bits per heavy atom. The van der Waals surface area contributed by atoms with Gasteiger partial charge in [-0.05, 0) is 53.6 Å². The van der Waals surface area contributed by atoms with Gasteiger partial charge in [0.1, 0.15) is 16.7 Å². The van der Waals surface area contributed by atoms with E-state index in [4.69, 9.17) is 18.6 Å². The van der Waals surface area contributed by atoms with E-state index in [1.807, 2.05) is 30.3 Å². The lowest BCUT2D eigenvalue weighted by Gasteiger charge is -2.11. The summed E-state index contributed by atoms with van der Waals surface area (Å²) < 4.78 is 21.4. The minimum atomic E-state index is -0.500. The number of hydrogen-bond acceptors (Lipinski definition) is 9. The second-order valence-electron chi connectivity index (χ2n) is 8.36. The zero-order valence-electron chi connectivity index (χ0n) is 21.1. The molecule has 194 valence electrons. The van der Waals surface area contributed by atoms with Gasteiger partial charge < -0.3 is 18.6 Å². The van der Waals surface area contributed by atoms with Gasteiger partial charge in [0.05, 0.1) is 30.5 Å². The molecule has 9 heteroatoms. The van der Waals surface area contributed by atoms with Gasteiger partial charge in [0.25, 0.3) is 0 Å². The highest BCUT2D eigenvalue weighted by atomic mass is 32.1. The highest BCUT2D eigenvalue weighted by Gasteiger charge is 2.16. The molecule has 0 bridgehead atoms. The number of thiazole rings is 1. The smallest absolute Gasteiger partial charge is 0.345 e. The first kappa shape index (κ1) is 25.7. The minimum absolute atomic E-state index is 0.247. The number of carbonyl (C=O) groups excluding carboxylic acids is 1. The maximum atomic E-state index is 12.8. The molecule has 0 aliphatic carbocycles. The number of methoxy groups -OCH3 is 1. The van der Waals surface area contributed by atoms with E-state index in [1.54, 1.807) is 48.7 Å². The average molecular weight is 539 g/mol. The summed E-state index contributed by atoms with van der Waals surface area (Å²) in [6.07, 6.45) is 1.66. The van der Waals surface area contributed by atoms with Crippen LogP contribution in [0, 0.1) is 11.3 Å². The summed E-state index contributed by atoms with van der Waals surface area (Å²) in [6, 6.07) is 20.6. The Kier molecular flexibility index (Phi) is 7.39. The third kappa shape index (κ3) is 5.37. The Hall–Kier alpha value is -4.94. The Bertz CT molecular complexity index is 1830. The predicted octanol–water partition coefficient (Wildman–Crippen LogP) is 6.08. The van der Waals surface area contributed by atoms with E-state index >= 15 is 0 Å². The number of fused-ring (bicyclic) bond motifs is 3. The number of hydrogen-bond donors (Lipinski definition) is 0. The summed E-state index contributed by atoms with van der Waals surface area (Å²) in [4.78, 5) is 29.0. The van der Waals surface area contributed by atoms with Crippen LogP contribution in [0.25, 0.3) is 44.6 Å². The van der Waals surface area contributed by atoms with Gasteiger partial charge in [-0.25, -0.2) is 14.6 Å². The molecule has 0 fully saturated rings. The largest absolute Gasteiger partial charge is 0.493 e. The molecule has 39 heavy (non-hydrogen) atoms. The van der Waals surface area contributed by atoms with E-state index in [9.17, 15) is 14.9 Å². The fourth-order valence-electron chi connectivity index (χ4n) is 4.11. The lowest BCUT2D eigenvalue weighted by Crippen LogP contribution is -2.14. The van der Waals surface area contributed by atoms with E-state index < -0.39 is 11.6 Å². The molecule has 0 amide bonds. The molecule has 0 saturated carbocycles. The summed E-state index contributed by atoms with van der Waals surface area (Å²) in [5.74, 6) is 0.281. The van der Waals surface area contributed by atoms with Gasteiger partial charge in [0.15, 0.2) is 18.1 Å². The summed E-state index contributed by atoms with van der Waals surface area (Å²) in [5, 5.41) is 14.9. The van der Waals surface area contributed by atoms with Crippen LogP contribution in [0.1, 0.15) is 17.5 Å². The Morgan fingerprint density at radius 3 is 2.74 bits per heavy atom. The van der Waals surface area contributed by atoms with Crippen LogP contribution >= 0.6 is 11.3 Å². The highest BCUT2D eigenvalue weighted by molar-refractivity contribution is 7.11. The first-order valence-corrected chi connectivity index (χ1v) is 12.9. The Labute approximate surface area is 227 Å². The van der Waals surface area contributed by atoms with Gasteiger partial charge in [-0.2, -0.15) is 5.26 Å². The van der Waals surface area contributed by atoms with Gasteiger partial charge >= 0.3 is 11.6 Å². The quantitative estimate of drug-likeness (QED) is 0.101. The monoisotopic (exact) mass is 538 g/mol. The van der Waals surface area contributed by atoms with Crippen molar-refractivity contribution in [1.82, 2.24) is 4.98 Å². The van der Waals surface area contributed by atoms with Crippen LogP contribution in [-0.2, 0) is 9.53 Å². The third-order valence-electron chi connectivity index (χ3n) is 5.92. The van der Waals surface area contributed by atoms with E-state index in [0.717, 1.165) is 16.2 Å². The van der Waals surface area contributed by atoms with Crippen molar-refractivity contribution in [2.75, 3.05) is 20.3 Å². The molecular weight excluding hydrogens is 516 g/mol. The van der Waals surface area contributed by atoms with Crippen LogP contribution in [0.5, 0.6) is 11.5 Å². The number of carbonyl (C=O) groups is 1. The van der Waals surface area contributed by atoms with Crippen molar-refractivity contribution in [3.05, 3.63) is 87.0 Å². The topological polar surface area (TPSA) is 112 Å². The summed E-state index contributed by atoms with van der Waals surface area (Å²) >= 11 is 1.25. The summed E-state index contributed by atoms with van der Waals surface area (Å²) in [7, 11) is 1.48. The predicted molar refractivity (Wildman–Crippen MR) is 150 cm³/mol. The second kappa shape index (κ2) is 11.2. The summed E-state index contributed by atoms with van der Waals surface area (Å²) in [5.41, 5.74) is 1.73. The van der Waals surface area contributed by atoms with E-state index in [-0.39, 0.29) is 13.2 Å². The molecule has 0 radical (unpaired) electrons. The standard InChI is InChI=1S/C30H22N2O6S/c1-3-36-28(33)16-37-26-10-8-18(13-27(26)35-2)12-20(15-31)29-32-24(17-39-29)23-14-22-21-7-5-4-6-19(21)9-11-25(22)38-30(23)34/h4-14,17H,3,16H2,1-2H3. The molecule has 2 heterocycles. The van der Waals surface area contributed by atoms with Crippen molar-refractivity contribution < 1.29 is 23.4 Å². The summed E-state index contributed by atoms with van der Waals surface area (Å²) in [6.45, 7) is 1.74. The first-order chi connectivity index (χ1) is 19.0. The van der Waals surface area contributed by atoms with Crippen LogP contribution < -0.4 is 15.1 Å². The molecule has 3 aromatic carbocycles. The minimum Gasteiger partial charge on any atom is -0.493 e.